The number of anilines is 1. The Balaban J connectivity index is 0.00000205. The van der Waals surface area contributed by atoms with E-state index in [1.54, 1.807) is 12.1 Å². The Morgan fingerprint density at radius 3 is 2.46 bits per heavy atom. The van der Waals surface area contributed by atoms with Crippen LogP contribution in [0.1, 0.15) is 66.6 Å². The Bertz CT molecular complexity index is 1490. The minimum atomic E-state index is -0.559. The summed E-state index contributed by atoms with van der Waals surface area (Å²) in [6.45, 7) is 8.46. The van der Waals surface area contributed by atoms with Gasteiger partial charge in [-0.15, -0.1) is 6.42 Å². The highest BCUT2D eigenvalue weighted by atomic mass is 16.5. The summed E-state index contributed by atoms with van der Waals surface area (Å²) in [4.78, 5) is 38.1. The third-order valence-corrected chi connectivity index (χ3v) is 5.98. The first-order valence-corrected chi connectivity index (χ1v) is 12.8. The average molecular weight is 525 g/mol. The van der Waals surface area contributed by atoms with Crippen LogP contribution in [0.15, 0.2) is 60.9 Å². The molecule has 2 aromatic heterocycles. The van der Waals surface area contributed by atoms with E-state index in [2.05, 4.69) is 52.2 Å². The number of esters is 1. The third-order valence-electron chi connectivity index (χ3n) is 5.98. The molecule has 2 heterocycles. The highest BCUT2D eigenvalue weighted by Gasteiger charge is 2.18. The summed E-state index contributed by atoms with van der Waals surface area (Å²) in [6.07, 6.45) is 9.15. The number of fused-ring (bicyclic) bond motifs is 1. The first-order chi connectivity index (χ1) is 18.9. The van der Waals surface area contributed by atoms with Crippen LogP contribution in [-0.4, -0.2) is 40.5 Å². The normalized spacial score (nSPS) is 11.0. The first kappa shape index (κ1) is 28.8. The lowest BCUT2D eigenvalue weighted by atomic mass is 9.96. The molecule has 0 aliphatic rings. The summed E-state index contributed by atoms with van der Waals surface area (Å²) in [7, 11) is 1.27. The number of terminal acetylenes is 1. The summed E-state index contributed by atoms with van der Waals surface area (Å²) >= 11 is 0. The number of nitrogens with zero attached hydrogens (tertiary/aromatic N) is 3. The molecule has 1 unspecified atom stereocenters. The van der Waals surface area contributed by atoms with Crippen LogP contribution < -0.4 is 10.1 Å². The maximum absolute atomic E-state index is 13.2. The van der Waals surface area contributed by atoms with Crippen molar-refractivity contribution in [3.8, 4) is 29.4 Å². The predicted octanol–water partition coefficient (Wildman–Crippen LogP) is 6.28. The van der Waals surface area contributed by atoms with Crippen molar-refractivity contribution in [2.75, 3.05) is 19.0 Å². The summed E-state index contributed by atoms with van der Waals surface area (Å²) in [5, 5.41) is 3.43. The lowest BCUT2D eigenvalue weighted by Crippen LogP contribution is -2.17. The standard InChI is InChI=1S/C29H26N4O4.C2H6/c1-5-13-37-23-11-12-25-24(15-23)26(20-9-7-19(8-10-20)18(3)6-2)33-27(32-25)28(34)31-22-14-21(16-30-17-22)29(35)36-4;1-2/h1,7-12,14-18H,6,13H2,2-4H3,(H,31,34);1-2H3. The Kier molecular flexibility index (Phi) is 10.1. The number of amides is 1. The molecule has 0 spiro atoms. The lowest BCUT2D eigenvalue weighted by molar-refractivity contribution is 0.0600. The van der Waals surface area contributed by atoms with Crippen LogP contribution in [0.3, 0.4) is 0 Å². The van der Waals surface area contributed by atoms with Gasteiger partial charge in [-0.2, -0.15) is 0 Å². The Morgan fingerprint density at radius 1 is 1.05 bits per heavy atom. The van der Waals surface area contributed by atoms with Gasteiger partial charge in [0.15, 0.2) is 0 Å². The molecule has 0 saturated carbocycles. The molecular weight excluding hydrogens is 492 g/mol. The highest BCUT2D eigenvalue weighted by molar-refractivity contribution is 6.05. The Labute approximate surface area is 228 Å². The minimum Gasteiger partial charge on any atom is -0.481 e. The molecule has 0 fully saturated rings. The maximum atomic E-state index is 13.2. The monoisotopic (exact) mass is 524 g/mol. The summed E-state index contributed by atoms with van der Waals surface area (Å²) in [5.74, 6) is 2.32. The molecule has 0 aliphatic heterocycles. The number of benzene rings is 2. The Hall–Kier alpha value is -4.77. The molecule has 0 bridgehead atoms. The van der Waals surface area contributed by atoms with E-state index in [0.717, 1.165) is 17.4 Å². The summed E-state index contributed by atoms with van der Waals surface area (Å²) < 4.78 is 10.3. The van der Waals surface area contributed by atoms with Gasteiger partial charge in [-0.05, 0) is 42.2 Å². The fourth-order valence-electron chi connectivity index (χ4n) is 3.77. The van der Waals surface area contributed by atoms with E-state index >= 15 is 0 Å². The smallest absolute Gasteiger partial charge is 0.339 e. The SMILES string of the molecule is C#CCOc1ccc2nc(C(=O)Nc3cncc(C(=O)OC)c3)nc(-c3ccc(C(C)CC)cc3)c2c1.CC. The second-order valence-electron chi connectivity index (χ2n) is 8.41. The molecule has 1 N–H and O–H groups in total. The number of rotatable bonds is 8. The number of pyridine rings is 1. The second-order valence-corrected chi connectivity index (χ2v) is 8.41. The summed E-state index contributed by atoms with van der Waals surface area (Å²) in [6, 6.07) is 14.9. The van der Waals surface area contributed by atoms with Gasteiger partial charge in [-0.3, -0.25) is 9.78 Å². The zero-order valence-corrected chi connectivity index (χ0v) is 22.8. The van der Waals surface area contributed by atoms with Gasteiger partial charge < -0.3 is 14.8 Å². The minimum absolute atomic E-state index is 0.0331. The van der Waals surface area contributed by atoms with Crippen molar-refractivity contribution in [2.24, 2.45) is 0 Å². The van der Waals surface area contributed by atoms with Crippen molar-refractivity contribution < 1.29 is 19.1 Å². The number of ether oxygens (including phenoxy) is 2. The van der Waals surface area contributed by atoms with Crippen molar-refractivity contribution in [1.82, 2.24) is 15.0 Å². The van der Waals surface area contributed by atoms with Crippen molar-refractivity contribution in [2.45, 2.75) is 40.0 Å². The third kappa shape index (κ3) is 6.96. The molecule has 0 aliphatic carbocycles. The van der Waals surface area contributed by atoms with E-state index in [4.69, 9.17) is 15.9 Å². The van der Waals surface area contributed by atoms with Crippen molar-refractivity contribution in [3.05, 3.63) is 77.9 Å². The van der Waals surface area contributed by atoms with Crippen LogP contribution in [0.2, 0.25) is 0 Å². The van der Waals surface area contributed by atoms with E-state index < -0.39 is 11.9 Å². The van der Waals surface area contributed by atoms with Crippen molar-refractivity contribution >= 4 is 28.5 Å². The summed E-state index contributed by atoms with van der Waals surface area (Å²) in [5.41, 5.74) is 3.72. The number of carbonyl (C=O) groups is 2. The van der Waals surface area contributed by atoms with Crippen LogP contribution in [0.25, 0.3) is 22.2 Å². The molecule has 1 atom stereocenters. The largest absolute Gasteiger partial charge is 0.481 e. The molecule has 200 valence electrons. The van der Waals surface area contributed by atoms with Crippen molar-refractivity contribution in [1.29, 1.82) is 0 Å². The zero-order valence-electron chi connectivity index (χ0n) is 22.8. The van der Waals surface area contributed by atoms with Gasteiger partial charge >= 0.3 is 5.97 Å². The quantitative estimate of drug-likeness (QED) is 0.214. The highest BCUT2D eigenvalue weighted by Crippen LogP contribution is 2.31. The van der Waals surface area contributed by atoms with E-state index in [1.165, 1.54) is 31.1 Å². The van der Waals surface area contributed by atoms with Gasteiger partial charge in [0.05, 0.1) is 35.8 Å². The van der Waals surface area contributed by atoms with Gasteiger partial charge in [-0.25, -0.2) is 14.8 Å². The van der Waals surface area contributed by atoms with Gasteiger partial charge in [0.2, 0.25) is 5.82 Å². The van der Waals surface area contributed by atoms with Gasteiger partial charge in [0.1, 0.15) is 12.4 Å². The number of methoxy groups -OCH3 is 1. The van der Waals surface area contributed by atoms with Crippen molar-refractivity contribution in [3.63, 3.8) is 0 Å². The molecule has 4 rings (SSSR count). The zero-order chi connectivity index (χ0) is 28.4. The molecule has 8 nitrogen and oxygen atoms in total. The van der Waals surface area contributed by atoms with Gasteiger partial charge in [0, 0.05) is 17.1 Å². The number of hydrogen-bond donors (Lipinski definition) is 1. The predicted molar refractivity (Wildman–Crippen MR) is 153 cm³/mol. The van der Waals surface area contributed by atoms with E-state index in [-0.39, 0.29) is 18.0 Å². The fourth-order valence-corrected chi connectivity index (χ4v) is 3.77. The molecule has 4 aromatic rings. The molecule has 0 saturated heterocycles. The topological polar surface area (TPSA) is 103 Å². The van der Waals surface area contributed by atoms with Crippen LogP contribution in [0, 0.1) is 12.3 Å². The molecule has 0 radical (unpaired) electrons. The second kappa shape index (κ2) is 13.7. The number of carbonyl (C=O) groups excluding carboxylic acids is 2. The fraction of sp³-hybridized carbons (Fsp3) is 0.258. The molecule has 2 aromatic carbocycles. The van der Waals surface area contributed by atoms with E-state index in [0.29, 0.717) is 28.6 Å². The van der Waals surface area contributed by atoms with E-state index in [1.807, 2.05) is 32.0 Å². The maximum Gasteiger partial charge on any atom is 0.339 e. The van der Waals surface area contributed by atoms with Crippen LogP contribution in [-0.2, 0) is 4.74 Å². The number of nitrogens with one attached hydrogen (secondary N) is 1. The molecule has 1 amide bonds. The number of aromatic nitrogens is 3. The van der Waals surface area contributed by atoms with Crippen LogP contribution >= 0.6 is 0 Å². The first-order valence-electron chi connectivity index (χ1n) is 12.8. The van der Waals surface area contributed by atoms with Crippen LogP contribution in [0.5, 0.6) is 5.75 Å². The lowest BCUT2D eigenvalue weighted by Gasteiger charge is -2.13. The number of hydrogen-bond acceptors (Lipinski definition) is 7. The van der Waals surface area contributed by atoms with Gasteiger partial charge in [-0.1, -0.05) is 57.9 Å². The van der Waals surface area contributed by atoms with Crippen LogP contribution in [0.4, 0.5) is 5.69 Å². The average Bonchev–Trinajstić information content (AvgIpc) is 2.99. The Morgan fingerprint density at radius 2 is 1.79 bits per heavy atom. The van der Waals surface area contributed by atoms with E-state index in [9.17, 15) is 9.59 Å². The molecule has 39 heavy (non-hydrogen) atoms. The molecule has 8 heteroatoms. The molecular formula is C31H32N4O4. The van der Waals surface area contributed by atoms with Gasteiger partial charge in [0.25, 0.3) is 5.91 Å².